The molecule has 0 aromatic rings. The van der Waals surface area contributed by atoms with E-state index in [1.165, 1.54) is 0 Å². The van der Waals surface area contributed by atoms with Gasteiger partial charge >= 0.3 is 0 Å². The Morgan fingerprint density at radius 1 is 1.31 bits per heavy atom. The Morgan fingerprint density at radius 3 is 2.62 bits per heavy atom. The topological polar surface area (TPSA) is 82.0 Å². The first-order valence-corrected chi connectivity index (χ1v) is 4.56. The Morgan fingerprint density at radius 2 is 2.00 bits per heavy atom. The van der Waals surface area contributed by atoms with Crippen LogP contribution in [0.15, 0.2) is 0 Å². The molecule has 1 heterocycles. The van der Waals surface area contributed by atoms with Crippen LogP contribution in [-0.4, -0.2) is 53.0 Å². The zero-order valence-corrected chi connectivity index (χ0v) is 7.68. The second-order valence-corrected chi connectivity index (χ2v) is 3.26. The molecule has 78 valence electrons. The predicted molar refractivity (Wildman–Crippen MR) is 46.1 cm³/mol. The highest BCUT2D eigenvalue weighted by atomic mass is 16.5. The minimum absolute atomic E-state index is 0.0552. The van der Waals surface area contributed by atoms with Crippen molar-refractivity contribution in [2.45, 2.75) is 37.9 Å². The van der Waals surface area contributed by atoms with Gasteiger partial charge in [0.05, 0.1) is 6.61 Å². The summed E-state index contributed by atoms with van der Waals surface area (Å²) in [6, 6.07) is 0. The maximum Gasteiger partial charge on any atom is 0.137 e. The van der Waals surface area contributed by atoms with Gasteiger partial charge in [-0.25, -0.2) is 0 Å². The average Bonchev–Trinajstić information content (AvgIpc) is 2.13. The van der Waals surface area contributed by atoms with E-state index >= 15 is 0 Å². The van der Waals surface area contributed by atoms with Crippen molar-refractivity contribution in [3.63, 3.8) is 0 Å². The van der Waals surface area contributed by atoms with E-state index in [0.717, 1.165) is 6.42 Å². The number of aliphatic hydroxyl groups is 3. The summed E-state index contributed by atoms with van der Waals surface area (Å²) in [7, 11) is 0. The van der Waals surface area contributed by atoms with Crippen molar-refractivity contribution in [1.82, 2.24) is 5.32 Å². The van der Waals surface area contributed by atoms with Crippen LogP contribution in [0, 0.1) is 0 Å². The zero-order valence-electron chi connectivity index (χ0n) is 7.68. The van der Waals surface area contributed by atoms with Gasteiger partial charge in [-0.2, -0.15) is 0 Å². The van der Waals surface area contributed by atoms with Crippen molar-refractivity contribution in [2.75, 3.05) is 13.2 Å². The summed E-state index contributed by atoms with van der Waals surface area (Å²) in [6.45, 7) is 2.76. The van der Waals surface area contributed by atoms with E-state index in [4.69, 9.17) is 9.84 Å². The lowest BCUT2D eigenvalue weighted by Crippen LogP contribution is -2.57. The van der Waals surface area contributed by atoms with Crippen LogP contribution >= 0.6 is 0 Å². The van der Waals surface area contributed by atoms with E-state index in [2.05, 4.69) is 5.32 Å². The molecule has 0 aromatic carbocycles. The molecule has 4 atom stereocenters. The number of aliphatic hydroxyl groups excluding tert-OH is 3. The fourth-order valence-electron chi connectivity index (χ4n) is 1.27. The van der Waals surface area contributed by atoms with Crippen LogP contribution in [0.1, 0.15) is 13.3 Å². The summed E-state index contributed by atoms with van der Waals surface area (Å²) in [5.74, 6) is 0. The van der Waals surface area contributed by atoms with Gasteiger partial charge in [-0.05, 0) is 13.0 Å². The van der Waals surface area contributed by atoms with Crippen LogP contribution in [-0.2, 0) is 4.74 Å². The minimum Gasteiger partial charge on any atom is -0.388 e. The molecule has 0 saturated carbocycles. The van der Waals surface area contributed by atoms with E-state index in [9.17, 15) is 10.2 Å². The lowest BCUT2D eigenvalue weighted by molar-refractivity contribution is -0.195. The lowest BCUT2D eigenvalue weighted by atomic mass is 10.0. The molecule has 4 N–H and O–H groups in total. The third kappa shape index (κ3) is 2.62. The van der Waals surface area contributed by atoms with Gasteiger partial charge in [0.1, 0.15) is 24.5 Å². The van der Waals surface area contributed by atoms with E-state index in [1.807, 2.05) is 6.92 Å². The van der Waals surface area contributed by atoms with E-state index in [1.54, 1.807) is 0 Å². The summed E-state index contributed by atoms with van der Waals surface area (Å²) in [6.07, 6.45) is -2.82. The lowest BCUT2D eigenvalue weighted by Gasteiger charge is -2.35. The Kier molecular flexibility index (Phi) is 4.08. The normalized spacial score (nSPS) is 40.6. The molecule has 0 amide bonds. The zero-order chi connectivity index (χ0) is 9.84. The molecule has 13 heavy (non-hydrogen) atoms. The van der Waals surface area contributed by atoms with Crippen molar-refractivity contribution in [1.29, 1.82) is 0 Å². The summed E-state index contributed by atoms with van der Waals surface area (Å²) in [5, 5.41) is 30.8. The third-order valence-corrected chi connectivity index (χ3v) is 2.10. The van der Waals surface area contributed by atoms with Crippen LogP contribution in [0.2, 0.25) is 0 Å². The van der Waals surface area contributed by atoms with Gasteiger partial charge in [-0.3, -0.25) is 5.32 Å². The van der Waals surface area contributed by atoms with E-state index in [0.29, 0.717) is 6.54 Å². The van der Waals surface area contributed by atoms with Gasteiger partial charge in [-0.1, -0.05) is 6.92 Å². The van der Waals surface area contributed by atoms with Crippen LogP contribution in [0.4, 0.5) is 0 Å². The average molecular weight is 191 g/mol. The molecule has 1 rings (SSSR count). The second kappa shape index (κ2) is 4.88. The monoisotopic (exact) mass is 191 g/mol. The first kappa shape index (κ1) is 10.9. The maximum absolute atomic E-state index is 9.44. The molecule has 1 fully saturated rings. The van der Waals surface area contributed by atoms with Gasteiger partial charge in [-0.15, -0.1) is 0 Å². The molecule has 0 radical (unpaired) electrons. The third-order valence-electron chi connectivity index (χ3n) is 2.10. The standard InChI is InChI=1S/C8H17NO4/c1-2-3-9-8-7(12)6(11)5(10)4-13-8/h5-12H,2-4H2,1H3/t5-,6-,7+,8?/m0/s1. The largest absolute Gasteiger partial charge is 0.388 e. The molecule has 1 unspecified atom stereocenters. The molecule has 5 nitrogen and oxygen atoms in total. The van der Waals surface area contributed by atoms with Crippen LogP contribution in [0.3, 0.4) is 0 Å². The SMILES string of the molecule is CCCNC1OC[C@H](O)[C@H](O)[C@H]1O. The summed E-state index contributed by atoms with van der Waals surface area (Å²) in [4.78, 5) is 0. The van der Waals surface area contributed by atoms with Crippen LogP contribution in [0.5, 0.6) is 0 Å². The van der Waals surface area contributed by atoms with Crippen molar-refractivity contribution in [2.24, 2.45) is 0 Å². The van der Waals surface area contributed by atoms with Crippen LogP contribution < -0.4 is 5.32 Å². The van der Waals surface area contributed by atoms with E-state index < -0.39 is 24.5 Å². The highest BCUT2D eigenvalue weighted by molar-refractivity contribution is 4.85. The van der Waals surface area contributed by atoms with Crippen LogP contribution in [0.25, 0.3) is 0 Å². The molecule has 0 aromatic heterocycles. The molecule has 1 saturated heterocycles. The van der Waals surface area contributed by atoms with E-state index in [-0.39, 0.29) is 6.61 Å². The van der Waals surface area contributed by atoms with Gasteiger partial charge in [0, 0.05) is 0 Å². The summed E-state index contributed by atoms with van der Waals surface area (Å²) < 4.78 is 5.10. The smallest absolute Gasteiger partial charge is 0.137 e. The highest BCUT2D eigenvalue weighted by Gasteiger charge is 2.36. The molecular formula is C8H17NO4. The number of hydrogen-bond donors (Lipinski definition) is 4. The molecule has 0 spiro atoms. The molecule has 0 bridgehead atoms. The second-order valence-electron chi connectivity index (χ2n) is 3.26. The Labute approximate surface area is 77.3 Å². The Balaban J connectivity index is 2.39. The minimum atomic E-state index is -1.12. The number of ether oxygens (including phenoxy) is 1. The Hall–Kier alpha value is -0.200. The first-order chi connectivity index (χ1) is 6.16. The van der Waals surface area contributed by atoms with Crippen molar-refractivity contribution >= 4 is 0 Å². The maximum atomic E-state index is 9.44. The number of nitrogens with one attached hydrogen (secondary N) is 1. The number of hydrogen-bond acceptors (Lipinski definition) is 5. The van der Waals surface area contributed by atoms with Gasteiger partial charge in [0.25, 0.3) is 0 Å². The summed E-state index contributed by atoms with van der Waals surface area (Å²) >= 11 is 0. The van der Waals surface area contributed by atoms with Gasteiger partial charge in [0.15, 0.2) is 0 Å². The first-order valence-electron chi connectivity index (χ1n) is 4.56. The molecule has 0 aliphatic carbocycles. The molecule has 1 aliphatic rings. The van der Waals surface area contributed by atoms with Crippen molar-refractivity contribution < 1.29 is 20.1 Å². The van der Waals surface area contributed by atoms with Gasteiger partial charge < -0.3 is 20.1 Å². The van der Waals surface area contributed by atoms with Crippen molar-refractivity contribution in [3.8, 4) is 0 Å². The highest BCUT2D eigenvalue weighted by Crippen LogP contribution is 2.13. The molecular weight excluding hydrogens is 174 g/mol. The Bertz CT molecular complexity index is 153. The quantitative estimate of drug-likeness (QED) is 0.433. The predicted octanol–water partition coefficient (Wildman–Crippen LogP) is -1.57. The molecule has 1 aliphatic heterocycles. The van der Waals surface area contributed by atoms with Crippen molar-refractivity contribution in [3.05, 3.63) is 0 Å². The fourth-order valence-corrected chi connectivity index (χ4v) is 1.27. The number of rotatable bonds is 3. The molecule has 5 heteroatoms. The summed E-state index contributed by atoms with van der Waals surface area (Å²) in [5.41, 5.74) is 0. The van der Waals surface area contributed by atoms with Gasteiger partial charge in [0.2, 0.25) is 0 Å². The fraction of sp³-hybridized carbons (Fsp3) is 1.00.